The number of aliphatic hydroxyl groups is 1. The van der Waals surface area contributed by atoms with Crippen molar-refractivity contribution in [3.63, 3.8) is 0 Å². The second kappa shape index (κ2) is 22.0. The number of oxime groups is 3. The molecule has 1 N–H and O–H groups in total. The van der Waals surface area contributed by atoms with E-state index in [1.165, 1.54) is 27.4 Å². The Morgan fingerprint density at radius 1 is 0.742 bits per heavy atom. The molecule has 13 nitrogen and oxygen atoms in total. The summed E-state index contributed by atoms with van der Waals surface area (Å²) < 4.78 is 16.0. The molecule has 1 aromatic carbocycles. The number of allylic oxidation sites excluding steroid dienone is 2. The predicted octanol–water partition coefficient (Wildman–Crippen LogP) is 5.73. The first-order valence-electron chi connectivity index (χ1n) is 18.3. The van der Waals surface area contributed by atoms with E-state index in [4.69, 9.17) is 155 Å². The molecule has 7 aliphatic rings. The molecule has 3 heterocycles. The van der Waals surface area contributed by atoms with Crippen molar-refractivity contribution in [3.05, 3.63) is 52.9 Å². The first-order chi connectivity index (χ1) is 28.7. The smallest absolute Gasteiger partial charge is 0.857 e. The molecule has 0 saturated heterocycles. The van der Waals surface area contributed by atoms with Crippen molar-refractivity contribution in [2.75, 3.05) is 55.4 Å². The van der Waals surface area contributed by atoms with Gasteiger partial charge in [-0.1, -0.05) is 98.9 Å². The van der Waals surface area contributed by atoms with E-state index in [0.717, 1.165) is 25.6 Å². The third-order valence-electron chi connectivity index (χ3n) is 11.7. The topological polar surface area (TPSA) is 170 Å². The van der Waals surface area contributed by atoms with Gasteiger partial charge in [-0.25, -0.2) is 4.79 Å². The zero-order valence-electron chi connectivity index (χ0n) is 34.9. The molecule has 8 rings (SSSR count). The maximum Gasteiger partial charge on any atom is 1.00 e. The van der Waals surface area contributed by atoms with Crippen LogP contribution in [-0.4, -0.2) is 115 Å². The van der Waals surface area contributed by atoms with Crippen LogP contribution in [0.15, 0.2) is 41.7 Å². The predicted molar refractivity (Wildman–Crippen MR) is 239 cm³/mol. The molecule has 0 spiro atoms. The van der Waals surface area contributed by atoms with E-state index in [0.29, 0.717) is 71.5 Å². The zero-order chi connectivity index (χ0) is 46.2. The maximum atomic E-state index is 12.4. The van der Waals surface area contributed by atoms with E-state index in [9.17, 15) is 9.59 Å². The number of hydrogen-bond acceptors (Lipinski definition) is 13. The number of nitrogens with zero attached hydrogens (tertiary/aromatic N) is 3. The molecule has 8 unspecified atom stereocenters. The number of esters is 1. The minimum absolute atomic E-state index is 0. The average Bonchev–Trinajstić information content (AvgIpc) is 4.15. The van der Waals surface area contributed by atoms with Gasteiger partial charge >= 0.3 is 35.5 Å². The van der Waals surface area contributed by atoms with Crippen LogP contribution in [0.2, 0.25) is 10.0 Å². The maximum absolute atomic E-state index is 12.4. The second-order valence-corrected chi connectivity index (χ2v) is 18.8. The molecule has 8 atom stereocenters. The van der Waals surface area contributed by atoms with E-state index in [1.54, 1.807) is 6.92 Å². The molecule has 340 valence electrons. The minimum Gasteiger partial charge on any atom is -0.857 e. The number of Topliss-reactive ketones (excluding diaryl/α,β-unsaturated/α-hetero) is 1. The fourth-order valence-electron chi connectivity index (χ4n) is 8.98. The zero-order valence-corrected chi connectivity index (χ0v) is 44.4. The van der Waals surface area contributed by atoms with Gasteiger partial charge in [0.1, 0.15) is 39.3 Å². The molecule has 4 aliphatic carbocycles. The molecule has 4 bridgehead atoms. The van der Waals surface area contributed by atoms with Gasteiger partial charge in [0, 0.05) is 58.0 Å². The van der Waals surface area contributed by atoms with Crippen molar-refractivity contribution in [2.45, 2.75) is 65.3 Å². The van der Waals surface area contributed by atoms with E-state index >= 15 is 0 Å². The van der Waals surface area contributed by atoms with Crippen LogP contribution in [0, 0.1) is 30.6 Å². The Morgan fingerprint density at radius 2 is 1.21 bits per heavy atom. The largest absolute Gasteiger partial charge is 1.00 e. The third kappa shape index (κ3) is 8.26. The Balaban J connectivity index is 0.000000237. The standard InChI is InChI=1S/C13H15Cl4NO3.C12H11Cl2NO3.C11H9Cl4NO2.CH4O.CH3O.Na/c1-6-8(7-4-5-21-18-7)12(17)10(15)9(14)11(6,16)13(12,19-2)20-3;1-6-7(12(16)17-2)5-8(13)11(14)10(6)9-3-4-18-15-9;1-4-6(5-2-3-18-16-5)11(15)8(13)7(12)10(4,14)9(11)17;2*1-2;/h6,8H,4-5H2,1-3H3;5H,3-4H2,1-2H3;4,6H,2-3H2,1H3;2H,1H3;1H3;/q;;;;-1;+1. The number of alkyl halides is 4. The Bertz CT molecular complexity index is 2070. The molecule has 2 saturated carbocycles. The van der Waals surface area contributed by atoms with Gasteiger partial charge in [0.05, 0.1) is 60.0 Å². The summed E-state index contributed by atoms with van der Waals surface area (Å²) in [7, 11) is 6.04. The molecule has 24 heteroatoms. The molecular weight excluding hydrogens is 1040 g/mol. The van der Waals surface area contributed by atoms with Gasteiger partial charge in [-0.05, 0) is 30.4 Å². The average molecular weight is 1080 g/mol. The number of fused-ring (bicyclic) bond motifs is 4. The van der Waals surface area contributed by atoms with Gasteiger partial charge in [-0.2, -0.15) is 7.11 Å². The number of methoxy groups -OCH3 is 3. The molecular formula is C38H42Cl10N3NaO10. The monoisotopic (exact) mass is 1070 g/mol. The number of halogens is 10. The molecule has 2 fully saturated rings. The quantitative estimate of drug-likeness (QED) is 0.161. The number of aliphatic hydroxyl groups excluding tert-OH is 1. The van der Waals surface area contributed by atoms with E-state index in [1.807, 2.05) is 13.8 Å². The fraction of sp³-hybridized carbons (Fsp3) is 0.605. The summed E-state index contributed by atoms with van der Waals surface area (Å²) in [5.41, 5.74) is 3.97. The molecule has 62 heavy (non-hydrogen) atoms. The Hall–Kier alpha value is -0.0100. The summed E-state index contributed by atoms with van der Waals surface area (Å²) in [6.07, 6.45) is 1.94. The summed E-state index contributed by atoms with van der Waals surface area (Å²) >= 11 is 64.0. The Morgan fingerprint density at radius 3 is 1.63 bits per heavy atom. The van der Waals surface area contributed by atoms with Crippen molar-refractivity contribution in [3.8, 4) is 0 Å². The third-order valence-corrected chi connectivity index (χ3v) is 17.8. The van der Waals surface area contributed by atoms with Crippen LogP contribution in [0.25, 0.3) is 0 Å². The fourth-order valence-corrected chi connectivity index (χ4v) is 13.5. The van der Waals surface area contributed by atoms with Crippen LogP contribution in [0.1, 0.15) is 54.6 Å². The summed E-state index contributed by atoms with van der Waals surface area (Å²) in [4.78, 5) is 34.1. The number of carbonyl (C=O) groups is 2. The van der Waals surface area contributed by atoms with E-state index in [-0.39, 0.29) is 79.1 Å². The molecule has 3 aliphatic heterocycles. The van der Waals surface area contributed by atoms with Crippen LogP contribution >= 0.6 is 116 Å². The van der Waals surface area contributed by atoms with E-state index < -0.39 is 31.3 Å². The van der Waals surface area contributed by atoms with Gasteiger partial charge < -0.3 is 38.9 Å². The summed E-state index contributed by atoms with van der Waals surface area (Å²) in [5, 5.41) is 28.7. The number of benzene rings is 1. The number of ether oxygens (including phenoxy) is 3. The van der Waals surface area contributed by atoms with Crippen molar-refractivity contribution >= 4 is 145 Å². The molecule has 0 aromatic heterocycles. The van der Waals surface area contributed by atoms with Crippen molar-refractivity contribution in [1.82, 2.24) is 0 Å². The Kier molecular flexibility index (Phi) is 19.9. The minimum atomic E-state index is -1.38. The summed E-state index contributed by atoms with van der Waals surface area (Å²) in [5.74, 6) is -3.26. The van der Waals surface area contributed by atoms with Crippen LogP contribution in [0.3, 0.4) is 0 Å². The van der Waals surface area contributed by atoms with Crippen LogP contribution in [0.5, 0.6) is 0 Å². The number of ketones is 1. The number of carbonyl (C=O) groups excluding carboxylic acids is 2. The number of hydrogen-bond donors (Lipinski definition) is 1. The van der Waals surface area contributed by atoms with Crippen LogP contribution in [0.4, 0.5) is 0 Å². The normalized spacial score (nSPS) is 32.8. The molecule has 0 amide bonds. The molecule has 1 aromatic rings. The van der Waals surface area contributed by atoms with Gasteiger partial charge in [-0.15, -0.1) is 46.4 Å². The Labute approximate surface area is 431 Å². The van der Waals surface area contributed by atoms with Gasteiger partial charge in [0.15, 0.2) is 5.78 Å². The van der Waals surface area contributed by atoms with Gasteiger partial charge in [-0.3, -0.25) is 4.79 Å². The SMILES string of the molecule is CC1C(C2=NOCC2)C2(Cl)C(=O)C1(Cl)C(Cl)=C2Cl.CO.COC(=O)c1cc(Cl)c(Cl)c(C2=NOCC2)c1C.COC1(OC)C2(Cl)C(Cl)=C(Cl)C1(Cl)C(C1=NOCC1)C2C.C[O-].[Na+]. The number of rotatable bonds is 6. The van der Waals surface area contributed by atoms with Gasteiger partial charge in [0.2, 0.25) is 5.79 Å². The van der Waals surface area contributed by atoms with Crippen molar-refractivity contribution in [2.24, 2.45) is 39.1 Å². The van der Waals surface area contributed by atoms with Gasteiger partial charge in [0.25, 0.3) is 0 Å². The van der Waals surface area contributed by atoms with Crippen LogP contribution < -0.4 is 34.7 Å². The summed E-state index contributed by atoms with van der Waals surface area (Å²) in [6.45, 7) is 7.08. The first-order valence-corrected chi connectivity index (χ1v) is 22.0. The summed E-state index contributed by atoms with van der Waals surface area (Å²) in [6, 6.07) is 1.50. The van der Waals surface area contributed by atoms with Crippen LogP contribution in [-0.2, 0) is 33.5 Å². The van der Waals surface area contributed by atoms with Crippen molar-refractivity contribution in [1.29, 1.82) is 0 Å². The first kappa shape index (κ1) is 56.3. The molecule has 0 radical (unpaired) electrons. The van der Waals surface area contributed by atoms with E-state index in [2.05, 4.69) is 15.5 Å². The second-order valence-electron chi connectivity index (χ2n) is 14.2. The van der Waals surface area contributed by atoms with Crippen molar-refractivity contribution < 1.29 is 78.1 Å².